The van der Waals surface area contributed by atoms with E-state index in [1.165, 1.54) is 51.3 Å². The predicted octanol–water partition coefficient (Wildman–Crippen LogP) is 2.13. The zero-order valence-corrected chi connectivity index (χ0v) is 11.4. The molecule has 2 rings (SSSR count). The molecule has 1 saturated heterocycles. The molecule has 0 amide bonds. The Hall–Kier alpha value is -1.06. The van der Waals surface area contributed by atoms with E-state index in [0.29, 0.717) is 0 Å². The molecule has 1 aromatic rings. The fourth-order valence-corrected chi connectivity index (χ4v) is 2.41. The highest BCUT2D eigenvalue weighted by atomic mass is 15.2. The van der Waals surface area contributed by atoms with E-state index in [9.17, 15) is 0 Å². The summed E-state index contributed by atoms with van der Waals surface area (Å²) >= 11 is 0. The van der Waals surface area contributed by atoms with Gasteiger partial charge in [0.05, 0.1) is 0 Å². The molecule has 0 bridgehead atoms. The molecule has 1 aliphatic heterocycles. The van der Waals surface area contributed by atoms with Gasteiger partial charge in [-0.05, 0) is 51.7 Å². The van der Waals surface area contributed by atoms with Gasteiger partial charge in [0.2, 0.25) is 0 Å². The molecule has 1 aromatic carbocycles. The van der Waals surface area contributed by atoms with Gasteiger partial charge in [0.1, 0.15) is 0 Å². The second-order valence-electron chi connectivity index (χ2n) is 5.14. The number of nitrogens with one attached hydrogen (secondary N) is 1. The van der Waals surface area contributed by atoms with Gasteiger partial charge in [0.15, 0.2) is 0 Å². The van der Waals surface area contributed by atoms with Gasteiger partial charge in [0.25, 0.3) is 0 Å². The Kier molecular flexibility index (Phi) is 5.49. The van der Waals surface area contributed by atoms with Gasteiger partial charge in [-0.15, -0.1) is 0 Å². The summed E-state index contributed by atoms with van der Waals surface area (Å²) in [6.07, 6.45) is 2.53. The number of rotatable bonds is 5. The molecule has 1 N–H and O–H groups in total. The number of hydrogen-bond donors (Lipinski definition) is 1. The van der Waals surface area contributed by atoms with E-state index in [1.807, 2.05) is 0 Å². The summed E-state index contributed by atoms with van der Waals surface area (Å²) in [5.41, 5.74) is 1.23. The highest BCUT2D eigenvalue weighted by Gasteiger charge is 2.10. The van der Waals surface area contributed by atoms with Gasteiger partial charge in [0, 0.05) is 25.3 Å². The van der Waals surface area contributed by atoms with Gasteiger partial charge in [-0.25, -0.2) is 0 Å². The second-order valence-corrected chi connectivity index (χ2v) is 5.14. The maximum atomic E-state index is 3.47. The lowest BCUT2D eigenvalue weighted by molar-refractivity contribution is 0.276. The molecular formula is C15H25N3. The number of benzene rings is 1. The van der Waals surface area contributed by atoms with Crippen molar-refractivity contribution in [2.75, 3.05) is 51.6 Å². The number of anilines is 1. The van der Waals surface area contributed by atoms with Crippen LogP contribution in [0.25, 0.3) is 0 Å². The molecule has 1 fully saturated rings. The zero-order chi connectivity index (χ0) is 12.6. The molecular weight excluding hydrogens is 222 g/mol. The first-order chi connectivity index (χ1) is 8.84. The molecule has 0 spiro atoms. The smallest absolute Gasteiger partial charge is 0.0340 e. The average Bonchev–Trinajstić information content (AvgIpc) is 2.61. The van der Waals surface area contributed by atoms with E-state index in [-0.39, 0.29) is 0 Å². The lowest BCUT2D eigenvalue weighted by Gasteiger charge is -2.20. The van der Waals surface area contributed by atoms with E-state index in [1.54, 1.807) is 0 Å². The van der Waals surface area contributed by atoms with Crippen molar-refractivity contribution in [2.45, 2.75) is 12.8 Å². The molecule has 0 aromatic heterocycles. The van der Waals surface area contributed by atoms with Crippen LogP contribution < -0.4 is 5.32 Å². The van der Waals surface area contributed by atoms with Crippen LogP contribution in [0.5, 0.6) is 0 Å². The van der Waals surface area contributed by atoms with Crippen molar-refractivity contribution in [2.24, 2.45) is 0 Å². The third-order valence-corrected chi connectivity index (χ3v) is 3.57. The Morgan fingerprint density at radius 2 is 1.89 bits per heavy atom. The van der Waals surface area contributed by atoms with Crippen molar-refractivity contribution in [1.29, 1.82) is 0 Å². The first-order valence-corrected chi connectivity index (χ1v) is 7.04. The minimum absolute atomic E-state index is 1.07. The third kappa shape index (κ3) is 4.67. The number of hydrogen-bond acceptors (Lipinski definition) is 3. The van der Waals surface area contributed by atoms with Crippen LogP contribution in [0.1, 0.15) is 12.8 Å². The van der Waals surface area contributed by atoms with Crippen molar-refractivity contribution in [1.82, 2.24) is 9.80 Å². The Balaban J connectivity index is 1.60. The molecule has 0 unspecified atom stereocenters. The van der Waals surface area contributed by atoms with Crippen molar-refractivity contribution in [3.8, 4) is 0 Å². The first-order valence-electron chi connectivity index (χ1n) is 7.04. The standard InChI is InChI=1S/C15H25N3/c1-17-10-6-12-18(14-13-17)11-5-9-16-15-7-3-2-4-8-15/h2-4,7-8,16H,5-6,9-14H2,1H3. The van der Waals surface area contributed by atoms with E-state index in [0.717, 1.165) is 6.54 Å². The molecule has 1 aliphatic rings. The summed E-state index contributed by atoms with van der Waals surface area (Å²) < 4.78 is 0. The van der Waals surface area contributed by atoms with E-state index in [4.69, 9.17) is 0 Å². The summed E-state index contributed by atoms with van der Waals surface area (Å²) in [5, 5.41) is 3.47. The van der Waals surface area contributed by atoms with Crippen molar-refractivity contribution in [3.63, 3.8) is 0 Å². The van der Waals surface area contributed by atoms with Crippen LogP contribution in [0.3, 0.4) is 0 Å². The van der Waals surface area contributed by atoms with Gasteiger partial charge < -0.3 is 15.1 Å². The van der Waals surface area contributed by atoms with Crippen LogP contribution in [-0.2, 0) is 0 Å². The molecule has 0 saturated carbocycles. The Morgan fingerprint density at radius 1 is 1.06 bits per heavy atom. The zero-order valence-electron chi connectivity index (χ0n) is 11.4. The van der Waals surface area contributed by atoms with Crippen molar-refractivity contribution < 1.29 is 0 Å². The molecule has 100 valence electrons. The predicted molar refractivity (Wildman–Crippen MR) is 78.1 cm³/mol. The van der Waals surface area contributed by atoms with Gasteiger partial charge in [-0.3, -0.25) is 0 Å². The highest BCUT2D eigenvalue weighted by Crippen LogP contribution is 2.05. The molecule has 3 heteroatoms. The molecule has 18 heavy (non-hydrogen) atoms. The van der Waals surface area contributed by atoms with Gasteiger partial charge in [-0.1, -0.05) is 18.2 Å². The Labute approximate surface area is 111 Å². The van der Waals surface area contributed by atoms with Gasteiger partial charge in [-0.2, -0.15) is 0 Å². The van der Waals surface area contributed by atoms with Crippen molar-refractivity contribution >= 4 is 5.69 Å². The molecule has 0 atom stereocenters. The van der Waals surface area contributed by atoms with Crippen LogP contribution in [0.15, 0.2) is 30.3 Å². The van der Waals surface area contributed by atoms with Crippen LogP contribution in [0, 0.1) is 0 Å². The minimum Gasteiger partial charge on any atom is -0.385 e. The molecule has 0 radical (unpaired) electrons. The second kappa shape index (κ2) is 7.39. The minimum atomic E-state index is 1.07. The van der Waals surface area contributed by atoms with Crippen molar-refractivity contribution in [3.05, 3.63) is 30.3 Å². The number of likely N-dealkylation sites (N-methyl/N-ethyl adjacent to an activating group) is 1. The third-order valence-electron chi connectivity index (χ3n) is 3.57. The molecule has 3 nitrogen and oxygen atoms in total. The largest absolute Gasteiger partial charge is 0.385 e. The summed E-state index contributed by atoms with van der Waals surface area (Å²) in [5.74, 6) is 0. The van der Waals surface area contributed by atoms with E-state index < -0.39 is 0 Å². The first kappa shape index (κ1) is 13.4. The average molecular weight is 247 g/mol. The Morgan fingerprint density at radius 3 is 2.72 bits per heavy atom. The lowest BCUT2D eigenvalue weighted by atomic mass is 10.3. The van der Waals surface area contributed by atoms with E-state index in [2.05, 4.69) is 52.5 Å². The quantitative estimate of drug-likeness (QED) is 0.804. The van der Waals surface area contributed by atoms with Crippen LogP contribution in [0.4, 0.5) is 5.69 Å². The topological polar surface area (TPSA) is 18.5 Å². The highest BCUT2D eigenvalue weighted by molar-refractivity contribution is 5.42. The number of nitrogens with zero attached hydrogens (tertiary/aromatic N) is 2. The summed E-state index contributed by atoms with van der Waals surface area (Å²) in [6, 6.07) is 10.5. The van der Waals surface area contributed by atoms with Crippen LogP contribution in [0.2, 0.25) is 0 Å². The Bertz CT molecular complexity index is 326. The monoisotopic (exact) mass is 247 g/mol. The SMILES string of the molecule is CN1CCCN(CCCNc2ccccc2)CC1. The van der Waals surface area contributed by atoms with Crippen LogP contribution in [-0.4, -0.2) is 56.1 Å². The summed E-state index contributed by atoms with van der Waals surface area (Å²) in [4.78, 5) is 5.03. The normalized spacial score (nSPS) is 18.5. The fourth-order valence-electron chi connectivity index (χ4n) is 2.41. The fraction of sp³-hybridized carbons (Fsp3) is 0.600. The number of para-hydroxylation sites is 1. The maximum absolute atomic E-state index is 3.47. The van der Waals surface area contributed by atoms with E-state index >= 15 is 0 Å². The molecule has 1 heterocycles. The molecule has 0 aliphatic carbocycles. The summed E-state index contributed by atoms with van der Waals surface area (Å²) in [7, 11) is 2.22. The van der Waals surface area contributed by atoms with Gasteiger partial charge >= 0.3 is 0 Å². The summed E-state index contributed by atoms with van der Waals surface area (Å²) in [6.45, 7) is 7.23. The lowest BCUT2D eigenvalue weighted by Crippen LogP contribution is -2.30. The maximum Gasteiger partial charge on any atom is 0.0340 e. The van der Waals surface area contributed by atoms with Crippen LogP contribution >= 0.6 is 0 Å².